The number of hydrogen-bond donors (Lipinski definition) is 0. The summed E-state index contributed by atoms with van der Waals surface area (Å²) in [7, 11) is 0. The first-order valence-electron chi connectivity index (χ1n) is 9.40. The molecule has 0 saturated heterocycles. The molecule has 0 aliphatic carbocycles. The number of imide groups is 1. The van der Waals surface area contributed by atoms with E-state index in [0.29, 0.717) is 22.7 Å². The fraction of sp³-hybridized carbons (Fsp3) is 0.292. The highest BCUT2D eigenvalue weighted by Gasteiger charge is 2.54. The Bertz CT molecular complexity index is 1030. The number of aryl methyl sites for hydroxylation is 1. The van der Waals surface area contributed by atoms with E-state index in [9.17, 15) is 9.59 Å². The van der Waals surface area contributed by atoms with Crippen molar-refractivity contribution in [3.05, 3.63) is 82.6 Å². The summed E-state index contributed by atoms with van der Waals surface area (Å²) in [5, 5.41) is 0.435. The zero-order valence-corrected chi connectivity index (χ0v) is 17.8. The van der Waals surface area contributed by atoms with E-state index < -0.39 is 17.1 Å². The SMILES string of the molecule is C=C=CC[C@]1(c2ccccc2C)C(=O)N(C(=O)OC(C)(C)C)c2cc(Cl)ccc21. The van der Waals surface area contributed by atoms with Crippen LogP contribution in [0.1, 0.15) is 43.9 Å². The van der Waals surface area contributed by atoms with E-state index in [1.807, 2.05) is 37.3 Å². The smallest absolute Gasteiger partial charge is 0.421 e. The van der Waals surface area contributed by atoms with Crippen LogP contribution in [0.4, 0.5) is 10.5 Å². The average Bonchev–Trinajstić information content (AvgIpc) is 2.87. The highest BCUT2D eigenvalue weighted by atomic mass is 35.5. The first-order chi connectivity index (χ1) is 13.6. The normalized spacial score (nSPS) is 18.2. The molecule has 0 saturated carbocycles. The predicted octanol–water partition coefficient (Wildman–Crippen LogP) is 5.95. The van der Waals surface area contributed by atoms with Crippen LogP contribution < -0.4 is 4.90 Å². The lowest BCUT2D eigenvalue weighted by atomic mass is 9.71. The zero-order valence-electron chi connectivity index (χ0n) is 17.1. The fourth-order valence-electron chi connectivity index (χ4n) is 3.80. The second-order valence-corrected chi connectivity index (χ2v) is 8.55. The minimum Gasteiger partial charge on any atom is -0.443 e. The van der Waals surface area contributed by atoms with Gasteiger partial charge in [-0.25, -0.2) is 9.69 Å². The van der Waals surface area contributed by atoms with Gasteiger partial charge in [0.2, 0.25) is 0 Å². The van der Waals surface area contributed by atoms with Gasteiger partial charge in [-0.2, -0.15) is 0 Å². The summed E-state index contributed by atoms with van der Waals surface area (Å²) in [6.07, 6.45) is 1.32. The van der Waals surface area contributed by atoms with Crippen LogP contribution in [0, 0.1) is 6.92 Å². The number of nitrogens with zero attached hydrogens (tertiary/aromatic N) is 1. The maximum atomic E-state index is 13.9. The lowest BCUT2D eigenvalue weighted by Gasteiger charge is -2.30. The second-order valence-electron chi connectivity index (χ2n) is 8.11. The number of benzene rings is 2. The van der Waals surface area contributed by atoms with Gasteiger partial charge in [0.25, 0.3) is 5.91 Å². The molecule has 0 N–H and O–H groups in total. The van der Waals surface area contributed by atoms with Crippen LogP contribution in [-0.4, -0.2) is 17.6 Å². The molecule has 4 nitrogen and oxygen atoms in total. The van der Waals surface area contributed by atoms with Crippen LogP contribution in [0.2, 0.25) is 5.02 Å². The summed E-state index contributed by atoms with van der Waals surface area (Å²) in [6.45, 7) is 10.9. The van der Waals surface area contributed by atoms with Crippen molar-refractivity contribution in [2.75, 3.05) is 4.90 Å². The van der Waals surface area contributed by atoms with Gasteiger partial charge in [0.05, 0.1) is 5.69 Å². The molecule has 5 heteroatoms. The molecule has 2 amide bonds. The van der Waals surface area contributed by atoms with Crippen molar-refractivity contribution < 1.29 is 14.3 Å². The summed E-state index contributed by atoms with van der Waals surface area (Å²) in [4.78, 5) is 28.0. The number of ether oxygens (including phenoxy) is 1. The Balaban J connectivity index is 2.30. The highest BCUT2D eigenvalue weighted by molar-refractivity contribution is 6.32. The quantitative estimate of drug-likeness (QED) is 0.588. The van der Waals surface area contributed by atoms with Gasteiger partial charge in [-0.3, -0.25) is 4.79 Å². The van der Waals surface area contributed by atoms with Gasteiger partial charge < -0.3 is 4.74 Å². The molecule has 0 unspecified atom stereocenters. The number of halogens is 1. The number of amides is 2. The molecular formula is C24H24ClNO3. The Morgan fingerprint density at radius 1 is 1.24 bits per heavy atom. The maximum absolute atomic E-state index is 13.9. The molecule has 0 spiro atoms. The Kier molecular flexibility index (Phi) is 5.44. The molecule has 0 radical (unpaired) electrons. The Morgan fingerprint density at radius 2 is 1.93 bits per heavy atom. The van der Waals surface area contributed by atoms with Gasteiger partial charge in [0, 0.05) is 5.02 Å². The molecule has 0 bridgehead atoms. The third kappa shape index (κ3) is 3.62. The molecule has 29 heavy (non-hydrogen) atoms. The molecule has 1 heterocycles. The van der Waals surface area contributed by atoms with E-state index in [2.05, 4.69) is 12.3 Å². The van der Waals surface area contributed by atoms with Crippen LogP contribution in [0.15, 0.2) is 60.9 Å². The molecule has 2 aromatic rings. The van der Waals surface area contributed by atoms with Gasteiger partial charge in [0.15, 0.2) is 0 Å². The Labute approximate surface area is 176 Å². The Hall–Kier alpha value is -2.81. The minimum absolute atomic E-state index is 0.314. The standard InChI is InChI=1S/C24H24ClNO3/c1-6-7-14-24(18-11-9-8-10-16(18)2)19-13-12-17(25)15-20(19)26(21(24)27)22(28)29-23(3,4)5/h7-13,15H,1,14H2,2-5H3/t24-/m1/s1. The lowest BCUT2D eigenvalue weighted by Crippen LogP contribution is -2.46. The first-order valence-corrected chi connectivity index (χ1v) is 9.77. The van der Waals surface area contributed by atoms with E-state index in [1.54, 1.807) is 39.0 Å². The minimum atomic E-state index is -1.09. The van der Waals surface area contributed by atoms with Gasteiger partial charge in [0.1, 0.15) is 11.0 Å². The van der Waals surface area contributed by atoms with Crippen LogP contribution in [0.25, 0.3) is 0 Å². The number of allylic oxidation sites excluding steroid dienone is 1. The van der Waals surface area contributed by atoms with E-state index in [0.717, 1.165) is 16.0 Å². The topological polar surface area (TPSA) is 46.6 Å². The zero-order chi connectivity index (χ0) is 21.4. The summed E-state index contributed by atoms with van der Waals surface area (Å²) < 4.78 is 5.54. The molecule has 1 aliphatic rings. The van der Waals surface area contributed by atoms with Crippen molar-refractivity contribution in [2.45, 2.75) is 45.1 Å². The van der Waals surface area contributed by atoms with E-state index >= 15 is 0 Å². The number of anilines is 1. The van der Waals surface area contributed by atoms with Crippen molar-refractivity contribution in [3.8, 4) is 0 Å². The van der Waals surface area contributed by atoms with Gasteiger partial charge >= 0.3 is 6.09 Å². The van der Waals surface area contributed by atoms with Crippen molar-refractivity contribution in [3.63, 3.8) is 0 Å². The van der Waals surface area contributed by atoms with Gasteiger partial charge in [-0.1, -0.05) is 48.5 Å². The summed E-state index contributed by atoms with van der Waals surface area (Å²) in [6, 6.07) is 12.9. The highest BCUT2D eigenvalue weighted by Crippen LogP contribution is 2.50. The average molecular weight is 410 g/mol. The van der Waals surface area contributed by atoms with Crippen LogP contribution >= 0.6 is 11.6 Å². The molecular weight excluding hydrogens is 386 g/mol. The van der Waals surface area contributed by atoms with Crippen molar-refractivity contribution >= 4 is 29.3 Å². The molecule has 1 atom stereocenters. The Morgan fingerprint density at radius 3 is 2.55 bits per heavy atom. The van der Waals surface area contributed by atoms with Crippen molar-refractivity contribution in [2.24, 2.45) is 0 Å². The van der Waals surface area contributed by atoms with Crippen LogP contribution in [-0.2, 0) is 14.9 Å². The molecule has 2 aromatic carbocycles. The van der Waals surface area contributed by atoms with E-state index in [1.165, 1.54) is 0 Å². The lowest BCUT2D eigenvalue weighted by molar-refractivity contribution is -0.121. The number of rotatable bonds is 3. The van der Waals surface area contributed by atoms with E-state index in [4.69, 9.17) is 16.3 Å². The van der Waals surface area contributed by atoms with Crippen molar-refractivity contribution in [1.82, 2.24) is 0 Å². The summed E-state index contributed by atoms with van der Waals surface area (Å²) in [5.74, 6) is -0.371. The summed E-state index contributed by atoms with van der Waals surface area (Å²) in [5.41, 5.74) is 3.85. The molecule has 1 aliphatic heterocycles. The largest absolute Gasteiger partial charge is 0.443 e. The number of carbonyl (C=O) groups is 2. The van der Waals surface area contributed by atoms with Gasteiger partial charge in [-0.15, -0.1) is 5.73 Å². The van der Waals surface area contributed by atoms with Gasteiger partial charge in [-0.05, 0) is 69.0 Å². The number of fused-ring (bicyclic) bond motifs is 1. The first kappa shape index (κ1) is 20.9. The molecule has 0 fully saturated rings. The van der Waals surface area contributed by atoms with Crippen molar-refractivity contribution in [1.29, 1.82) is 0 Å². The third-order valence-corrected chi connectivity index (χ3v) is 5.20. The maximum Gasteiger partial charge on any atom is 0.421 e. The molecule has 3 rings (SSSR count). The fourth-order valence-corrected chi connectivity index (χ4v) is 3.97. The molecule has 150 valence electrons. The van der Waals surface area contributed by atoms with E-state index in [-0.39, 0.29) is 5.91 Å². The number of carbonyl (C=O) groups excluding carboxylic acids is 2. The second kappa shape index (κ2) is 7.55. The third-order valence-electron chi connectivity index (χ3n) is 4.96. The summed E-state index contributed by atoms with van der Waals surface area (Å²) >= 11 is 6.23. The van der Waals surface area contributed by atoms with Crippen LogP contribution in [0.5, 0.6) is 0 Å². The van der Waals surface area contributed by atoms with Crippen LogP contribution in [0.3, 0.4) is 0 Å². The predicted molar refractivity (Wildman–Crippen MR) is 115 cm³/mol. The monoisotopic (exact) mass is 409 g/mol. The number of hydrogen-bond acceptors (Lipinski definition) is 3. The molecule has 0 aromatic heterocycles.